The van der Waals surface area contributed by atoms with E-state index in [0.717, 1.165) is 70.6 Å². The largest absolute Gasteiger partial charge is 0.544 e. The molecule has 0 spiro atoms. The fourth-order valence-electron chi connectivity index (χ4n) is 6.96. The summed E-state index contributed by atoms with van der Waals surface area (Å²) in [6, 6.07) is -0.728. The number of aliphatic carboxylic acids is 1. The topological polar surface area (TPSA) is 102 Å². The van der Waals surface area contributed by atoms with Crippen LogP contribution in [-0.4, -0.2) is 75.5 Å². The van der Waals surface area contributed by atoms with E-state index in [0.29, 0.717) is 12.8 Å². The van der Waals surface area contributed by atoms with E-state index in [4.69, 9.17) is 14.2 Å². The maximum atomic E-state index is 12.8. The van der Waals surface area contributed by atoms with Crippen LogP contribution in [0.5, 0.6) is 0 Å². The molecule has 0 rings (SSSR count). The molecule has 0 saturated heterocycles. The van der Waals surface area contributed by atoms with Gasteiger partial charge in [0.15, 0.2) is 6.10 Å². The number of allylic oxidation sites excluding steroid dienone is 8. The van der Waals surface area contributed by atoms with Gasteiger partial charge in [-0.25, -0.2) is 0 Å². The molecule has 342 valence electrons. The van der Waals surface area contributed by atoms with Gasteiger partial charge < -0.3 is 28.6 Å². The van der Waals surface area contributed by atoms with Gasteiger partial charge in [-0.05, 0) is 70.6 Å². The predicted octanol–water partition coefficient (Wildman–Crippen LogP) is 12.3. The Morgan fingerprint density at radius 3 is 1.44 bits per heavy atom. The number of esters is 2. The van der Waals surface area contributed by atoms with Crippen molar-refractivity contribution >= 4 is 17.9 Å². The third-order valence-electron chi connectivity index (χ3n) is 10.7. The van der Waals surface area contributed by atoms with Gasteiger partial charge in [-0.2, -0.15) is 0 Å². The van der Waals surface area contributed by atoms with Gasteiger partial charge in [0.25, 0.3) is 0 Å². The summed E-state index contributed by atoms with van der Waals surface area (Å²) in [5, 5.41) is 11.6. The first kappa shape index (κ1) is 56.3. The van der Waals surface area contributed by atoms with Crippen LogP contribution in [-0.2, 0) is 28.6 Å². The lowest BCUT2D eigenvalue weighted by atomic mass is 10.0. The van der Waals surface area contributed by atoms with Crippen LogP contribution >= 0.6 is 0 Å². The van der Waals surface area contributed by atoms with Crippen molar-refractivity contribution in [3.63, 3.8) is 0 Å². The van der Waals surface area contributed by atoms with E-state index in [1.807, 2.05) is 0 Å². The van der Waals surface area contributed by atoms with E-state index in [-0.39, 0.29) is 42.7 Å². The third kappa shape index (κ3) is 40.5. The van der Waals surface area contributed by atoms with Crippen molar-refractivity contribution in [3.8, 4) is 0 Å². The first-order valence-corrected chi connectivity index (χ1v) is 24.2. The van der Waals surface area contributed by atoms with E-state index in [1.54, 1.807) is 21.1 Å². The van der Waals surface area contributed by atoms with E-state index in [2.05, 4.69) is 62.5 Å². The number of nitrogens with zero attached hydrogens (tertiary/aromatic N) is 1. The van der Waals surface area contributed by atoms with Crippen LogP contribution in [0.15, 0.2) is 48.6 Å². The van der Waals surface area contributed by atoms with E-state index in [1.165, 1.54) is 103 Å². The molecule has 0 aromatic rings. The molecule has 0 aliphatic carbocycles. The summed E-state index contributed by atoms with van der Waals surface area (Å²) in [6.07, 6.45) is 49.9. The van der Waals surface area contributed by atoms with Crippen LogP contribution in [0.4, 0.5) is 0 Å². The first-order chi connectivity index (χ1) is 28.6. The zero-order valence-electron chi connectivity index (χ0n) is 38.9. The summed E-state index contributed by atoms with van der Waals surface area (Å²) >= 11 is 0. The van der Waals surface area contributed by atoms with E-state index < -0.39 is 18.1 Å². The molecule has 0 aliphatic heterocycles. The molecule has 0 aromatic heterocycles. The van der Waals surface area contributed by atoms with Crippen molar-refractivity contribution in [2.45, 2.75) is 219 Å². The van der Waals surface area contributed by atoms with Crippen LogP contribution in [0.3, 0.4) is 0 Å². The lowest BCUT2D eigenvalue weighted by Gasteiger charge is -2.34. The van der Waals surface area contributed by atoms with Crippen molar-refractivity contribution < 1.29 is 38.2 Å². The van der Waals surface area contributed by atoms with Gasteiger partial charge in [0, 0.05) is 19.3 Å². The second-order valence-electron chi connectivity index (χ2n) is 17.3. The van der Waals surface area contributed by atoms with E-state index in [9.17, 15) is 19.5 Å². The Kier molecular flexibility index (Phi) is 40.1. The molecule has 8 nitrogen and oxygen atoms in total. The second kappa shape index (κ2) is 42.0. The normalized spacial score (nSPS) is 13.3. The summed E-state index contributed by atoms with van der Waals surface area (Å²) in [5.74, 6) is -1.75. The Morgan fingerprint density at radius 2 is 0.949 bits per heavy atom. The van der Waals surface area contributed by atoms with Gasteiger partial charge in [0.1, 0.15) is 12.6 Å². The number of quaternary nitrogens is 1. The van der Waals surface area contributed by atoms with Crippen LogP contribution < -0.4 is 5.11 Å². The van der Waals surface area contributed by atoms with Gasteiger partial charge in [0.2, 0.25) is 0 Å². The summed E-state index contributed by atoms with van der Waals surface area (Å²) < 4.78 is 17.2. The number of ether oxygens (including phenoxy) is 3. The van der Waals surface area contributed by atoms with Crippen molar-refractivity contribution in [3.05, 3.63) is 48.6 Å². The van der Waals surface area contributed by atoms with Crippen LogP contribution in [0.2, 0.25) is 0 Å². The molecule has 8 heteroatoms. The molecule has 59 heavy (non-hydrogen) atoms. The lowest BCUT2D eigenvalue weighted by Crippen LogP contribution is -2.55. The van der Waals surface area contributed by atoms with Crippen LogP contribution in [0, 0.1) is 0 Å². The molecule has 2 atom stereocenters. The number of likely N-dealkylation sites (N-methyl/N-ethyl adjacent to an activating group) is 1. The monoisotopic (exact) mass is 830 g/mol. The number of carboxylic acid groups (broad SMARTS) is 1. The maximum Gasteiger partial charge on any atom is 0.306 e. The minimum atomic E-state index is -1.13. The highest BCUT2D eigenvalue weighted by atomic mass is 16.6. The highest BCUT2D eigenvalue weighted by Gasteiger charge is 2.25. The molecule has 0 aromatic carbocycles. The minimum Gasteiger partial charge on any atom is -0.544 e. The number of rotatable bonds is 43. The summed E-state index contributed by atoms with van der Waals surface area (Å²) in [5.41, 5.74) is 0. The second-order valence-corrected chi connectivity index (χ2v) is 17.3. The summed E-state index contributed by atoms with van der Waals surface area (Å²) in [6.45, 7) is 4.54. The molecule has 2 unspecified atom stereocenters. The number of hydrogen-bond donors (Lipinski definition) is 0. The third-order valence-corrected chi connectivity index (χ3v) is 10.7. The van der Waals surface area contributed by atoms with Gasteiger partial charge >= 0.3 is 11.9 Å². The molecule has 0 radical (unpaired) electrons. The molecule has 0 bridgehead atoms. The van der Waals surface area contributed by atoms with E-state index >= 15 is 0 Å². The molecule has 0 heterocycles. The summed E-state index contributed by atoms with van der Waals surface area (Å²) in [4.78, 5) is 36.9. The van der Waals surface area contributed by atoms with Crippen LogP contribution in [0.25, 0.3) is 0 Å². The highest BCUT2D eigenvalue weighted by Crippen LogP contribution is 2.15. The van der Waals surface area contributed by atoms with Crippen molar-refractivity contribution in [1.29, 1.82) is 0 Å². The molecule has 0 saturated carbocycles. The minimum absolute atomic E-state index is 0.0353. The smallest absolute Gasteiger partial charge is 0.306 e. The average Bonchev–Trinajstić information content (AvgIpc) is 3.19. The predicted molar refractivity (Wildman–Crippen MR) is 245 cm³/mol. The van der Waals surface area contributed by atoms with Gasteiger partial charge in [-0.1, -0.05) is 165 Å². The quantitative estimate of drug-likeness (QED) is 0.0261. The maximum absolute atomic E-state index is 12.8. The molecule has 0 N–H and O–H groups in total. The number of unbranched alkanes of at least 4 members (excludes halogenated alkanes) is 21. The zero-order valence-corrected chi connectivity index (χ0v) is 38.9. The Balaban J connectivity index is 4.27. The van der Waals surface area contributed by atoms with Crippen LogP contribution in [0.1, 0.15) is 206 Å². The molecular formula is C51H91NO7. The molecule has 0 fully saturated rings. The Morgan fingerprint density at radius 1 is 0.525 bits per heavy atom. The van der Waals surface area contributed by atoms with Gasteiger partial charge in [0.05, 0.1) is 40.3 Å². The van der Waals surface area contributed by atoms with Gasteiger partial charge in [-0.15, -0.1) is 0 Å². The van der Waals surface area contributed by atoms with Crippen molar-refractivity contribution in [1.82, 2.24) is 0 Å². The summed E-state index contributed by atoms with van der Waals surface area (Å²) in [7, 11) is 5.41. The molecular weight excluding hydrogens is 739 g/mol. The molecule has 0 amide bonds. The Bertz CT molecular complexity index is 1110. The molecule has 0 aliphatic rings. The number of carbonyl (C=O) groups is 3. The number of carbonyl (C=O) groups excluding carboxylic acids is 3. The van der Waals surface area contributed by atoms with Crippen molar-refractivity contribution in [2.75, 3.05) is 41.0 Å². The fourth-order valence-corrected chi connectivity index (χ4v) is 6.96. The fraction of sp³-hybridized carbons (Fsp3) is 0.784. The standard InChI is InChI=1S/C51H91NO7/c1-6-8-10-12-14-16-18-20-22-23-24-25-26-27-28-30-32-34-36-38-40-42-50(54)59-47(45-57-44-43-48(51(55)56)52(3,4)5)46-58-49(53)41-39-37-35-33-31-29-21-19-17-15-13-11-9-7-2/h8,10,14,16,20,22,29,31,47-48H,6-7,9,11-13,15,17-19,21,23-28,30,32-46H2,1-5H3/b10-8+,16-14+,22-20+,31-29+. The zero-order chi connectivity index (χ0) is 43.5. The Labute approximate surface area is 363 Å². The number of carboxylic acids is 1. The highest BCUT2D eigenvalue weighted by molar-refractivity contribution is 5.70. The Hall–Kier alpha value is -2.71. The van der Waals surface area contributed by atoms with Crippen molar-refractivity contribution in [2.24, 2.45) is 0 Å². The van der Waals surface area contributed by atoms with Gasteiger partial charge in [-0.3, -0.25) is 9.59 Å². The lowest BCUT2D eigenvalue weighted by molar-refractivity contribution is -0.889. The number of hydrogen-bond acceptors (Lipinski definition) is 7. The average molecular weight is 830 g/mol. The SMILES string of the molecule is CC/C=C/C/C=C/C/C=C/CCCCCCCCCCCCCC(=O)OC(COCCC(C(=O)[O-])[N+](C)(C)C)COC(=O)CCCCC/C=C/CCCCCCCCC. The first-order valence-electron chi connectivity index (χ1n) is 24.2.